The SMILES string of the molecule is Cc1cccc2c1c[c]c1ccccc12. The molecule has 71 valence electrons. The standard InChI is InChI=1S/C15H11/c1-11-5-4-8-15-13(11)10-9-12-6-2-3-7-14(12)15/h2-8,10H,1H3. The molecule has 15 heavy (non-hydrogen) atoms. The van der Waals surface area contributed by atoms with E-state index in [1.165, 1.54) is 27.1 Å². The third kappa shape index (κ3) is 1.22. The molecule has 0 heterocycles. The summed E-state index contributed by atoms with van der Waals surface area (Å²) in [6.45, 7) is 2.14. The Balaban J connectivity index is 2.60. The summed E-state index contributed by atoms with van der Waals surface area (Å²) in [7, 11) is 0. The van der Waals surface area contributed by atoms with Crippen LogP contribution in [0.3, 0.4) is 0 Å². The minimum atomic E-state index is 1.19. The summed E-state index contributed by atoms with van der Waals surface area (Å²) in [5, 5.41) is 5.11. The summed E-state index contributed by atoms with van der Waals surface area (Å²) in [6, 6.07) is 20.3. The van der Waals surface area contributed by atoms with E-state index in [9.17, 15) is 0 Å². The first-order valence-electron chi connectivity index (χ1n) is 5.15. The van der Waals surface area contributed by atoms with Crippen molar-refractivity contribution in [2.45, 2.75) is 6.92 Å². The Hall–Kier alpha value is -1.82. The highest BCUT2D eigenvalue weighted by molar-refractivity contribution is 6.07. The molecule has 1 radical (unpaired) electrons. The second kappa shape index (κ2) is 3.09. The highest BCUT2D eigenvalue weighted by Gasteiger charge is 2.00. The Morgan fingerprint density at radius 3 is 2.53 bits per heavy atom. The fraction of sp³-hybridized carbons (Fsp3) is 0.0667. The zero-order valence-electron chi connectivity index (χ0n) is 8.62. The summed E-state index contributed by atoms with van der Waals surface area (Å²) >= 11 is 0. The van der Waals surface area contributed by atoms with E-state index in [0.29, 0.717) is 0 Å². The number of aryl methyl sites for hydroxylation is 1. The van der Waals surface area contributed by atoms with Gasteiger partial charge in [-0.05, 0) is 46.2 Å². The second-order valence-electron chi connectivity index (χ2n) is 3.87. The van der Waals surface area contributed by atoms with E-state index >= 15 is 0 Å². The van der Waals surface area contributed by atoms with Gasteiger partial charge in [0.25, 0.3) is 0 Å². The van der Waals surface area contributed by atoms with Crippen molar-refractivity contribution in [3.63, 3.8) is 0 Å². The maximum absolute atomic E-state index is 3.33. The van der Waals surface area contributed by atoms with Crippen molar-refractivity contribution in [2.75, 3.05) is 0 Å². The Morgan fingerprint density at radius 2 is 1.60 bits per heavy atom. The smallest absolute Gasteiger partial charge is 0.00925 e. The highest BCUT2D eigenvalue weighted by Crippen LogP contribution is 2.26. The number of rotatable bonds is 0. The Kier molecular flexibility index (Phi) is 1.75. The Morgan fingerprint density at radius 1 is 0.800 bits per heavy atom. The largest absolute Gasteiger partial charge is 0.0616 e. The van der Waals surface area contributed by atoms with Gasteiger partial charge in [-0.1, -0.05) is 42.5 Å². The minimum absolute atomic E-state index is 1.19. The van der Waals surface area contributed by atoms with Gasteiger partial charge < -0.3 is 0 Å². The molecule has 0 aliphatic heterocycles. The van der Waals surface area contributed by atoms with Crippen LogP contribution in [0, 0.1) is 13.0 Å². The normalized spacial score (nSPS) is 11.0. The summed E-state index contributed by atoms with van der Waals surface area (Å²) < 4.78 is 0. The zero-order chi connectivity index (χ0) is 10.3. The average molecular weight is 191 g/mol. The predicted molar refractivity (Wildman–Crippen MR) is 65.0 cm³/mol. The summed E-state index contributed by atoms with van der Waals surface area (Å²) in [5.74, 6) is 0. The van der Waals surface area contributed by atoms with Crippen molar-refractivity contribution in [1.29, 1.82) is 0 Å². The van der Waals surface area contributed by atoms with Crippen molar-refractivity contribution >= 4 is 21.5 Å². The molecule has 0 bridgehead atoms. The molecule has 0 aliphatic carbocycles. The van der Waals surface area contributed by atoms with Crippen LogP contribution in [-0.4, -0.2) is 0 Å². The number of hydrogen-bond acceptors (Lipinski definition) is 0. The van der Waals surface area contributed by atoms with E-state index in [4.69, 9.17) is 0 Å². The van der Waals surface area contributed by atoms with E-state index in [2.05, 4.69) is 61.5 Å². The number of hydrogen-bond donors (Lipinski definition) is 0. The number of benzene rings is 3. The lowest BCUT2D eigenvalue weighted by molar-refractivity contribution is 1.54. The van der Waals surface area contributed by atoms with Crippen LogP contribution < -0.4 is 0 Å². The number of fused-ring (bicyclic) bond motifs is 3. The lowest BCUT2D eigenvalue weighted by atomic mass is 9.99. The van der Waals surface area contributed by atoms with Gasteiger partial charge in [-0.15, -0.1) is 0 Å². The van der Waals surface area contributed by atoms with Crippen LogP contribution in [0.1, 0.15) is 5.56 Å². The fourth-order valence-corrected chi connectivity index (χ4v) is 2.10. The molecule has 3 aromatic carbocycles. The molecule has 0 saturated heterocycles. The summed E-state index contributed by atoms with van der Waals surface area (Å²) in [5.41, 5.74) is 1.31. The molecule has 0 nitrogen and oxygen atoms in total. The van der Waals surface area contributed by atoms with Gasteiger partial charge in [-0.25, -0.2) is 0 Å². The van der Waals surface area contributed by atoms with Crippen molar-refractivity contribution in [3.8, 4) is 0 Å². The van der Waals surface area contributed by atoms with Gasteiger partial charge in [-0.2, -0.15) is 0 Å². The second-order valence-corrected chi connectivity index (χ2v) is 3.87. The van der Waals surface area contributed by atoms with Gasteiger partial charge in [0.1, 0.15) is 0 Å². The third-order valence-electron chi connectivity index (χ3n) is 2.91. The van der Waals surface area contributed by atoms with E-state index in [-0.39, 0.29) is 0 Å². The molecule has 0 amide bonds. The molecule has 0 fully saturated rings. The maximum Gasteiger partial charge on any atom is -0.00925 e. The van der Waals surface area contributed by atoms with E-state index in [1.54, 1.807) is 0 Å². The lowest BCUT2D eigenvalue weighted by Gasteiger charge is -2.05. The van der Waals surface area contributed by atoms with Gasteiger partial charge in [0.15, 0.2) is 0 Å². The molecule has 0 unspecified atom stereocenters. The van der Waals surface area contributed by atoms with Crippen LogP contribution in [0.4, 0.5) is 0 Å². The molecule has 0 atom stereocenters. The van der Waals surface area contributed by atoms with Gasteiger partial charge in [0.05, 0.1) is 0 Å². The molecule has 0 aliphatic rings. The maximum atomic E-state index is 3.33. The van der Waals surface area contributed by atoms with E-state index in [0.717, 1.165) is 0 Å². The molecule has 0 aromatic heterocycles. The highest BCUT2D eigenvalue weighted by atomic mass is 14.0. The van der Waals surface area contributed by atoms with Crippen LogP contribution in [-0.2, 0) is 0 Å². The summed E-state index contributed by atoms with van der Waals surface area (Å²) in [6.07, 6.45) is 0. The first-order valence-corrected chi connectivity index (χ1v) is 5.15. The molecule has 0 saturated carbocycles. The van der Waals surface area contributed by atoms with Crippen LogP contribution in [0.5, 0.6) is 0 Å². The Labute approximate surface area is 89.2 Å². The molecular weight excluding hydrogens is 180 g/mol. The third-order valence-corrected chi connectivity index (χ3v) is 2.91. The first kappa shape index (κ1) is 8.49. The molecule has 3 rings (SSSR count). The van der Waals surface area contributed by atoms with Crippen molar-refractivity contribution in [2.24, 2.45) is 0 Å². The fourth-order valence-electron chi connectivity index (χ4n) is 2.10. The van der Waals surface area contributed by atoms with Gasteiger partial charge >= 0.3 is 0 Å². The van der Waals surface area contributed by atoms with Crippen LogP contribution in [0.2, 0.25) is 0 Å². The van der Waals surface area contributed by atoms with Gasteiger partial charge in [-0.3, -0.25) is 0 Å². The van der Waals surface area contributed by atoms with Crippen LogP contribution in [0.25, 0.3) is 21.5 Å². The molecule has 0 spiro atoms. The Bertz CT molecular complexity index is 636. The minimum Gasteiger partial charge on any atom is -0.0616 e. The lowest BCUT2D eigenvalue weighted by Crippen LogP contribution is -1.80. The molecule has 3 aromatic rings. The molecule has 0 N–H and O–H groups in total. The average Bonchev–Trinajstić information content (AvgIpc) is 2.29. The van der Waals surface area contributed by atoms with Crippen LogP contribution in [0.15, 0.2) is 48.5 Å². The predicted octanol–water partition coefficient (Wildman–Crippen LogP) is 4.10. The summed E-state index contributed by atoms with van der Waals surface area (Å²) in [4.78, 5) is 0. The van der Waals surface area contributed by atoms with Crippen molar-refractivity contribution in [1.82, 2.24) is 0 Å². The van der Waals surface area contributed by atoms with Gasteiger partial charge in [0.2, 0.25) is 0 Å². The molecular formula is C15H11. The van der Waals surface area contributed by atoms with Crippen LogP contribution >= 0.6 is 0 Å². The zero-order valence-corrected chi connectivity index (χ0v) is 8.62. The van der Waals surface area contributed by atoms with Gasteiger partial charge in [0, 0.05) is 0 Å². The monoisotopic (exact) mass is 191 g/mol. The van der Waals surface area contributed by atoms with Crippen molar-refractivity contribution < 1.29 is 0 Å². The first-order chi connectivity index (χ1) is 7.36. The topological polar surface area (TPSA) is 0 Å². The quantitative estimate of drug-likeness (QED) is 0.469. The molecule has 0 heteroatoms. The van der Waals surface area contributed by atoms with E-state index in [1.807, 2.05) is 0 Å². The van der Waals surface area contributed by atoms with E-state index < -0.39 is 0 Å². The van der Waals surface area contributed by atoms with Crippen molar-refractivity contribution in [3.05, 3.63) is 60.2 Å².